The standard InChI is InChI=1S/C22H19ClF2N6O2/c1-30-21(2-3-28-30)29-20-7-16(17(23)8-26-20)14-6-22(27-12-33)31(10-14)9-13-4-18(24)19(25)5-15(13)11-32/h2-8,10,12,32H,9,11H2,1H3,(H,26,29)(H,27,33). The summed E-state index contributed by atoms with van der Waals surface area (Å²) < 4.78 is 30.7. The minimum Gasteiger partial charge on any atom is -0.392 e. The molecule has 3 N–H and O–H groups in total. The molecule has 170 valence electrons. The molecule has 3 heterocycles. The molecule has 0 aliphatic carbocycles. The van der Waals surface area contributed by atoms with Crippen LogP contribution in [-0.2, 0) is 25.0 Å². The molecule has 0 saturated heterocycles. The Morgan fingerprint density at radius 1 is 1.15 bits per heavy atom. The number of benzene rings is 1. The quantitative estimate of drug-likeness (QED) is 0.336. The number of halogens is 3. The summed E-state index contributed by atoms with van der Waals surface area (Å²) in [7, 11) is 1.79. The summed E-state index contributed by atoms with van der Waals surface area (Å²) in [6.07, 6.45) is 5.37. The van der Waals surface area contributed by atoms with Gasteiger partial charge in [-0.1, -0.05) is 11.6 Å². The molecule has 4 aromatic rings. The molecular weight excluding hydrogens is 454 g/mol. The monoisotopic (exact) mass is 472 g/mol. The van der Waals surface area contributed by atoms with Crippen molar-refractivity contribution in [2.45, 2.75) is 13.2 Å². The van der Waals surface area contributed by atoms with Crippen LogP contribution in [-0.4, -0.2) is 30.8 Å². The maximum atomic E-state index is 13.8. The van der Waals surface area contributed by atoms with E-state index < -0.39 is 18.2 Å². The SMILES string of the molecule is Cn1nccc1Nc1cc(-c2cc(NC=O)n(Cc3cc(F)c(F)cc3CO)c2)c(Cl)cn1. The van der Waals surface area contributed by atoms with Crippen LogP contribution in [0.3, 0.4) is 0 Å². The largest absolute Gasteiger partial charge is 0.392 e. The fraction of sp³-hybridized carbons (Fsp3) is 0.136. The first-order valence-corrected chi connectivity index (χ1v) is 10.2. The lowest BCUT2D eigenvalue weighted by Crippen LogP contribution is -2.08. The van der Waals surface area contributed by atoms with Gasteiger partial charge in [0.15, 0.2) is 11.6 Å². The van der Waals surface area contributed by atoms with E-state index in [2.05, 4.69) is 20.7 Å². The van der Waals surface area contributed by atoms with E-state index in [0.717, 1.165) is 18.0 Å². The van der Waals surface area contributed by atoms with Crippen LogP contribution in [0.15, 0.2) is 48.9 Å². The van der Waals surface area contributed by atoms with E-state index in [1.54, 1.807) is 46.9 Å². The van der Waals surface area contributed by atoms with E-state index in [-0.39, 0.29) is 12.1 Å². The van der Waals surface area contributed by atoms with Gasteiger partial charge in [0.05, 0.1) is 17.8 Å². The van der Waals surface area contributed by atoms with Crippen molar-refractivity contribution in [3.63, 3.8) is 0 Å². The van der Waals surface area contributed by atoms with Gasteiger partial charge in [0.2, 0.25) is 6.41 Å². The predicted molar refractivity (Wildman–Crippen MR) is 120 cm³/mol. The molecular formula is C22H19ClF2N6O2. The number of nitrogens with zero attached hydrogens (tertiary/aromatic N) is 4. The summed E-state index contributed by atoms with van der Waals surface area (Å²) in [5.41, 5.74) is 1.90. The Kier molecular flexibility index (Phi) is 6.38. The van der Waals surface area contributed by atoms with Crippen molar-refractivity contribution >= 4 is 35.5 Å². The summed E-state index contributed by atoms with van der Waals surface area (Å²) >= 11 is 6.40. The fourth-order valence-corrected chi connectivity index (χ4v) is 3.64. The van der Waals surface area contributed by atoms with Gasteiger partial charge in [-0.25, -0.2) is 13.8 Å². The Labute approximate surface area is 192 Å². The van der Waals surface area contributed by atoms with Crippen LogP contribution in [0, 0.1) is 11.6 Å². The molecule has 3 aromatic heterocycles. The zero-order chi connectivity index (χ0) is 23.5. The average molecular weight is 473 g/mol. The van der Waals surface area contributed by atoms with Crippen LogP contribution in [0.25, 0.3) is 11.1 Å². The number of nitrogens with one attached hydrogen (secondary N) is 2. The lowest BCUT2D eigenvalue weighted by molar-refractivity contribution is -0.105. The summed E-state index contributed by atoms with van der Waals surface area (Å²) in [6, 6.07) is 7.22. The third-order valence-corrected chi connectivity index (χ3v) is 5.40. The third-order valence-electron chi connectivity index (χ3n) is 5.10. The number of hydrogen-bond acceptors (Lipinski definition) is 5. The highest BCUT2D eigenvalue weighted by Crippen LogP contribution is 2.33. The first-order valence-electron chi connectivity index (χ1n) is 9.78. The second-order valence-corrected chi connectivity index (χ2v) is 7.62. The first-order chi connectivity index (χ1) is 15.9. The summed E-state index contributed by atoms with van der Waals surface area (Å²) in [5, 5.41) is 19.8. The van der Waals surface area contributed by atoms with Gasteiger partial charge < -0.3 is 20.3 Å². The number of hydrogen-bond donors (Lipinski definition) is 3. The van der Waals surface area contributed by atoms with Crippen LogP contribution in [0.4, 0.5) is 26.2 Å². The molecule has 0 aliphatic heterocycles. The minimum absolute atomic E-state index is 0.0755. The van der Waals surface area contributed by atoms with E-state index in [4.69, 9.17) is 11.6 Å². The second kappa shape index (κ2) is 9.39. The number of pyridine rings is 1. The van der Waals surface area contributed by atoms with Gasteiger partial charge >= 0.3 is 0 Å². The second-order valence-electron chi connectivity index (χ2n) is 7.21. The van der Waals surface area contributed by atoms with Crippen LogP contribution >= 0.6 is 11.6 Å². The molecule has 33 heavy (non-hydrogen) atoms. The van der Waals surface area contributed by atoms with Crippen molar-refractivity contribution in [3.8, 4) is 11.1 Å². The van der Waals surface area contributed by atoms with Gasteiger partial charge in [-0.2, -0.15) is 5.10 Å². The van der Waals surface area contributed by atoms with Crippen LogP contribution in [0.1, 0.15) is 11.1 Å². The average Bonchev–Trinajstić information content (AvgIpc) is 3.38. The Morgan fingerprint density at radius 3 is 2.58 bits per heavy atom. The Balaban J connectivity index is 1.71. The van der Waals surface area contributed by atoms with E-state index >= 15 is 0 Å². The van der Waals surface area contributed by atoms with Crippen LogP contribution < -0.4 is 10.6 Å². The Hall–Kier alpha value is -3.76. The third kappa shape index (κ3) is 4.71. The molecule has 8 nitrogen and oxygen atoms in total. The molecule has 1 amide bonds. The van der Waals surface area contributed by atoms with Gasteiger partial charge in [-0.15, -0.1) is 0 Å². The topological polar surface area (TPSA) is 97.0 Å². The van der Waals surface area contributed by atoms with E-state index in [9.17, 15) is 18.7 Å². The molecule has 0 radical (unpaired) electrons. The number of aliphatic hydroxyl groups is 1. The van der Waals surface area contributed by atoms with Crippen molar-refractivity contribution in [3.05, 3.63) is 76.7 Å². The van der Waals surface area contributed by atoms with E-state index in [1.165, 1.54) is 6.20 Å². The van der Waals surface area contributed by atoms with E-state index in [1.807, 2.05) is 0 Å². The molecule has 4 rings (SSSR count). The van der Waals surface area contributed by atoms with Gasteiger partial charge in [0.25, 0.3) is 0 Å². The highest BCUT2D eigenvalue weighted by atomic mass is 35.5. The van der Waals surface area contributed by atoms with Crippen molar-refractivity contribution in [1.82, 2.24) is 19.3 Å². The molecule has 1 aromatic carbocycles. The molecule has 0 spiro atoms. The normalized spacial score (nSPS) is 10.9. The van der Waals surface area contributed by atoms with Gasteiger partial charge in [-0.3, -0.25) is 9.48 Å². The highest BCUT2D eigenvalue weighted by molar-refractivity contribution is 6.33. The maximum absolute atomic E-state index is 13.8. The van der Waals surface area contributed by atoms with Crippen molar-refractivity contribution in [2.75, 3.05) is 10.6 Å². The number of aliphatic hydroxyl groups excluding tert-OH is 1. The van der Waals surface area contributed by atoms with Crippen LogP contribution in [0.5, 0.6) is 0 Å². The highest BCUT2D eigenvalue weighted by Gasteiger charge is 2.15. The number of aromatic nitrogens is 4. The maximum Gasteiger partial charge on any atom is 0.212 e. The number of carbonyl (C=O) groups excluding carboxylic acids is 1. The number of rotatable bonds is 8. The molecule has 0 fully saturated rings. The van der Waals surface area contributed by atoms with Gasteiger partial charge in [0.1, 0.15) is 17.5 Å². The molecule has 0 bridgehead atoms. The van der Waals surface area contributed by atoms with Crippen molar-refractivity contribution < 1.29 is 18.7 Å². The molecule has 0 atom stereocenters. The smallest absolute Gasteiger partial charge is 0.212 e. The lowest BCUT2D eigenvalue weighted by Gasteiger charge is -2.12. The Bertz CT molecular complexity index is 1320. The Morgan fingerprint density at radius 2 is 1.91 bits per heavy atom. The number of amides is 1. The zero-order valence-electron chi connectivity index (χ0n) is 17.4. The summed E-state index contributed by atoms with van der Waals surface area (Å²) in [4.78, 5) is 15.4. The number of aryl methyl sites for hydroxylation is 1. The molecule has 0 unspecified atom stereocenters. The molecule has 0 aliphatic rings. The summed E-state index contributed by atoms with van der Waals surface area (Å²) in [6.45, 7) is -0.386. The molecule has 0 saturated carbocycles. The number of carbonyl (C=O) groups is 1. The minimum atomic E-state index is -1.04. The van der Waals surface area contributed by atoms with Crippen molar-refractivity contribution in [2.24, 2.45) is 7.05 Å². The number of anilines is 3. The first kappa shape index (κ1) is 22.4. The van der Waals surface area contributed by atoms with Gasteiger partial charge in [-0.05, 0) is 35.4 Å². The predicted octanol–water partition coefficient (Wildman–Crippen LogP) is 4.07. The van der Waals surface area contributed by atoms with E-state index in [0.29, 0.717) is 39.8 Å². The fourth-order valence-electron chi connectivity index (χ4n) is 3.43. The van der Waals surface area contributed by atoms with Gasteiger partial charge in [0, 0.05) is 43.2 Å². The lowest BCUT2D eigenvalue weighted by atomic mass is 10.1. The zero-order valence-corrected chi connectivity index (χ0v) is 18.1. The summed E-state index contributed by atoms with van der Waals surface area (Å²) in [5.74, 6) is -0.408. The molecule has 11 heteroatoms. The van der Waals surface area contributed by atoms with Crippen LogP contribution in [0.2, 0.25) is 5.02 Å². The van der Waals surface area contributed by atoms with Crippen molar-refractivity contribution in [1.29, 1.82) is 0 Å².